The summed E-state index contributed by atoms with van der Waals surface area (Å²) in [4.78, 5) is 28.5. The quantitative estimate of drug-likeness (QED) is 0.245. The highest BCUT2D eigenvalue weighted by Gasteiger charge is 2.33. The van der Waals surface area contributed by atoms with Gasteiger partial charge in [-0.3, -0.25) is 4.79 Å². The molecule has 192 valence electrons. The average Bonchev–Trinajstić information content (AvgIpc) is 3.63. The van der Waals surface area contributed by atoms with Crippen molar-refractivity contribution >= 4 is 28.0 Å². The van der Waals surface area contributed by atoms with E-state index in [0.29, 0.717) is 28.1 Å². The molecule has 1 unspecified atom stereocenters. The van der Waals surface area contributed by atoms with Crippen LogP contribution in [0, 0.1) is 0 Å². The molecule has 3 heterocycles. The van der Waals surface area contributed by atoms with Crippen molar-refractivity contribution in [3.8, 4) is 28.3 Å². The number of halogens is 3. The zero-order valence-electron chi connectivity index (χ0n) is 20.0. The lowest BCUT2D eigenvalue weighted by Crippen LogP contribution is -2.28. The zero-order valence-corrected chi connectivity index (χ0v) is 20.0. The van der Waals surface area contributed by atoms with Crippen LogP contribution >= 0.6 is 0 Å². The minimum Gasteiger partial charge on any atom is -0.406 e. The number of amides is 1. The number of rotatable bonds is 4. The van der Waals surface area contributed by atoms with Crippen LogP contribution < -0.4 is 10.1 Å². The molecule has 3 N–H and O–H groups in total. The Balaban J connectivity index is 1.31. The molecule has 7 rings (SSSR count). The number of H-pyrrole nitrogens is 2. The largest absolute Gasteiger partial charge is 0.573 e. The van der Waals surface area contributed by atoms with Gasteiger partial charge in [0.2, 0.25) is 0 Å². The molecule has 39 heavy (non-hydrogen) atoms. The molecule has 7 nitrogen and oxygen atoms in total. The summed E-state index contributed by atoms with van der Waals surface area (Å²) < 4.78 is 42.2. The number of aromatic nitrogens is 4. The molecule has 10 heteroatoms. The number of imidazole rings is 1. The van der Waals surface area contributed by atoms with Crippen LogP contribution in [-0.2, 0) is 0 Å². The van der Waals surface area contributed by atoms with Crippen molar-refractivity contribution in [2.75, 3.05) is 0 Å². The Morgan fingerprint density at radius 1 is 0.949 bits per heavy atom. The summed E-state index contributed by atoms with van der Waals surface area (Å²) in [6.07, 6.45) is -1.45. The van der Waals surface area contributed by atoms with Crippen molar-refractivity contribution in [1.82, 2.24) is 25.3 Å². The first kappa shape index (κ1) is 23.0. The number of benzene rings is 3. The van der Waals surface area contributed by atoms with Gasteiger partial charge in [0.15, 0.2) is 0 Å². The Morgan fingerprint density at radius 3 is 2.64 bits per heavy atom. The van der Waals surface area contributed by atoms with Gasteiger partial charge in [0.25, 0.3) is 5.91 Å². The van der Waals surface area contributed by atoms with Gasteiger partial charge in [0, 0.05) is 29.4 Å². The SMILES string of the molecule is O=C(NC1c2ccccc2-c2c(-c3nc4ccc(OC(F)(F)F)cc4[nH]3)cccc21)c1ccnc2[nH]ccc12. The van der Waals surface area contributed by atoms with Crippen molar-refractivity contribution in [1.29, 1.82) is 0 Å². The summed E-state index contributed by atoms with van der Waals surface area (Å²) >= 11 is 0. The summed E-state index contributed by atoms with van der Waals surface area (Å²) in [5.41, 5.74) is 6.48. The van der Waals surface area contributed by atoms with Gasteiger partial charge >= 0.3 is 6.36 Å². The van der Waals surface area contributed by atoms with Crippen LogP contribution in [0.1, 0.15) is 27.5 Å². The van der Waals surface area contributed by atoms with Crippen molar-refractivity contribution < 1.29 is 22.7 Å². The van der Waals surface area contributed by atoms with E-state index in [-0.39, 0.29) is 11.7 Å². The molecule has 3 aromatic carbocycles. The smallest absolute Gasteiger partial charge is 0.406 e. The highest BCUT2D eigenvalue weighted by Crippen LogP contribution is 2.47. The topological polar surface area (TPSA) is 95.7 Å². The lowest BCUT2D eigenvalue weighted by Gasteiger charge is -2.16. The van der Waals surface area contributed by atoms with Crippen LogP contribution in [0.15, 0.2) is 85.2 Å². The Morgan fingerprint density at radius 2 is 1.77 bits per heavy atom. The molecule has 1 aliphatic carbocycles. The summed E-state index contributed by atoms with van der Waals surface area (Å²) in [6.45, 7) is 0. The fourth-order valence-corrected chi connectivity index (χ4v) is 5.29. The Labute approximate surface area is 218 Å². The number of nitrogens with one attached hydrogen (secondary N) is 3. The highest BCUT2D eigenvalue weighted by atomic mass is 19.4. The van der Waals surface area contributed by atoms with E-state index in [1.165, 1.54) is 18.2 Å². The summed E-state index contributed by atoms with van der Waals surface area (Å²) in [7, 11) is 0. The fraction of sp³-hybridized carbons (Fsp3) is 0.0690. The maximum atomic E-state index is 13.5. The number of fused-ring (bicyclic) bond motifs is 5. The van der Waals surface area contributed by atoms with Gasteiger partial charge in [-0.25, -0.2) is 9.97 Å². The average molecular weight is 525 g/mol. The summed E-state index contributed by atoms with van der Waals surface area (Å²) in [6, 6.07) is 20.6. The van der Waals surface area contributed by atoms with Gasteiger partial charge in [0.1, 0.15) is 17.2 Å². The second kappa shape index (κ2) is 8.45. The predicted molar refractivity (Wildman–Crippen MR) is 139 cm³/mol. The lowest BCUT2D eigenvalue weighted by atomic mass is 9.98. The highest BCUT2D eigenvalue weighted by molar-refractivity contribution is 6.06. The van der Waals surface area contributed by atoms with Gasteiger partial charge < -0.3 is 20.0 Å². The third-order valence-electron chi connectivity index (χ3n) is 6.87. The maximum absolute atomic E-state index is 13.5. The standard InChI is InChI=1S/C29H18F3N5O2/c30-29(31,32)39-15-8-9-22-23(14-15)36-27(35-22)21-7-3-6-20-24(21)16-4-1-2-5-17(16)25(20)37-28(38)19-11-13-34-26-18(19)10-12-33-26/h1-14,25H,(H,33,34)(H,35,36)(H,37,38). The van der Waals surface area contributed by atoms with E-state index in [1.807, 2.05) is 48.5 Å². The number of carbonyl (C=O) groups excluding carboxylic acids is 1. The number of hydrogen-bond acceptors (Lipinski definition) is 4. The number of hydrogen-bond donors (Lipinski definition) is 3. The van der Waals surface area contributed by atoms with Gasteiger partial charge in [-0.15, -0.1) is 13.2 Å². The van der Waals surface area contributed by atoms with Crippen LogP contribution in [0.2, 0.25) is 0 Å². The second-order valence-corrected chi connectivity index (χ2v) is 9.17. The maximum Gasteiger partial charge on any atom is 0.573 e. The van der Waals surface area contributed by atoms with E-state index in [2.05, 4.69) is 30.0 Å². The van der Waals surface area contributed by atoms with E-state index >= 15 is 0 Å². The van der Waals surface area contributed by atoms with Crippen molar-refractivity contribution in [3.63, 3.8) is 0 Å². The molecule has 6 aromatic rings. The van der Waals surface area contributed by atoms with Crippen LogP contribution in [0.25, 0.3) is 44.6 Å². The van der Waals surface area contributed by atoms with Crippen molar-refractivity contribution in [3.05, 3.63) is 102 Å². The molecular formula is C29H18F3N5O2. The molecule has 0 bridgehead atoms. The van der Waals surface area contributed by atoms with E-state index in [4.69, 9.17) is 0 Å². The number of nitrogens with zero attached hydrogens (tertiary/aromatic N) is 2. The van der Waals surface area contributed by atoms with E-state index in [1.54, 1.807) is 18.5 Å². The molecule has 0 saturated carbocycles. The minimum absolute atomic E-state index is 0.235. The monoisotopic (exact) mass is 525 g/mol. The molecular weight excluding hydrogens is 507 g/mol. The molecule has 0 spiro atoms. The first-order valence-electron chi connectivity index (χ1n) is 12.1. The van der Waals surface area contributed by atoms with Gasteiger partial charge in [-0.05, 0) is 46.5 Å². The second-order valence-electron chi connectivity index (χ2n) is 9.17. The van der Waals surface area contributed by atoms with Crippen molar-refractivity contribution in [2.45, 2.75) is 12.4 Å². The van der Waals surface area contributed by atoms with Crippen LogP contribution in [0.5, 0.6) is 5.75 Å². The molecule has 3 aromatic heterocycles. The summed E-state index contributed by atoms with van der Waals surface area (Å²) in [5.74, 6) is -0.0683. The van der Waals surface area contributed by atoms with Gasteiger partial charge in [-0.1, -0.05) is 42.5 Å². The van der Waals surface area contributed by atoms with Gasteiger partial charge in [0.05, 0.1) is 22.6 Å². The molecule has 1 atom stereocenters. The zero-order chi connectivity index (χ0) is 26.7. The third kappa shape index (κ3) is 3.88. The molecule has 0 radical (unpaired) electrons. The minimum atomic E-state index is -4.79. The van der Waals surface area contributed by atoms with E-state index < -0.39 is 12.4 Å². The van der Waals surface area contributed by atoms with Crippen LogP contribution in [-0.4, -0.2) is 32.2 Å². The number of alkyl halides is 3. The fourth-order valence-electron chi connectivity index (χ4n) is 5.29. The van der Waals surface area contributed by atoms with E-state index in [9.17, 15) is 18.0 Å². The van der Waals surface area contributed by atoms with Crippen LogP contribution in [0.4, 0.5) is 13.2 Å². The predicted octanol–water partition coefficient (Wildman–Crippen LogP) is 6.50. The molecule has 1 amide bonds. The molecule has 0 saturated heterocycles. The first-order chi connectivity index (χ1) is 18.9. The summed E-state index contributed by atoms with van der Waals surface area (Å²) in [5, 5.41) is 3.92. The number of ether oxygens (including phenoxy) is 1. The van der Waals surface area contributed by atoms with E-state index in [0.717, 1.165) is 33.2 Å². The number of pyridine rings is 1. The number of carbonyl (C=O) groups is 1. The first-order valence-corrected chi connectivity index (χ1v) is 12.1. The number of aromatic amines is 2. The third-order valence-corrected chi connectivity index (χ3v) is 6.87. The Bertz CT molecular complexity index is 1910. The van der Waals surface area contributed by atoms with Crippen molar-refractivity contribution in [2.24, 2.45) is 0 Å². The Hall–Kier alpha value is -5.12. The molecule has 0 aliphatic heterocycles. The molecule has 1 aliphatic rings. The van der Waals surface area contributed by atoms with Crippen LogP contribution in [0.3, 0.4) is 0 Å². The molecule has 0 fully saturated rings. The lowest BCUT2D eigenvalue weighted by molar-refractivity contribution is -0.274. The normalized spacial score (nSPS) is 14.4. The van der Waals surface area contributed by atoms with Gasteiger partial charge in [-0.2, -0.15) is 0 Å². The Kier molecular flexibility index (Phi) is 4.99.